The van der Waals surface area contributed by atoms with Crippen LogP contribution in [0, 0.1) is 0 Å². The van der Waals surface area contributed by atoms with Crippen molar-refractivity contribution < 1.29 is 31.4 Å². The standard InChI is InChI=1S/3C10H13O.C7H7O.Ti/c3*1-10(2,8-11)9-6-4-3-5-7-9;8-6-7-4-2-1-3-5-7;/h3*3-7H,8H2,1-2H3;1-5H,6H2;/q4*-1;+4. The van der Waals surface area contributed by atoms with E-state index in [9.17, 15) is 0 Å². The van der Waals surface area contributed by atoms with E-state index in [1.807, 2.05) is 36.4 Å². The minimum atomic E-state index is -4.40. The molecule has 0 saturated heterocycles. The zero-order chi connectivity index (χ0) is 30.1. The molecule has 4 aromatic carbocycles. The van der Waals surface area contributed by atoms with E-state index in [4.69, 9.17) is 13.3 Å². The molecule has 0 saturated carbocycles. The van der Waals surface area contributed by atoms with Crippen LogP contribution < -0.4 is 0 Å². The first-order valence-corrected chi connectivity index (χ1v) is 17.3. The average molecular weight is 603 g/mol. The van der Waals surface area contributed by atoms with Crippen LogP contribution in [0.5, 0.6) is 0 Å². The first kappa shape index (κ1) is 32.4. The van der Waals surface area contributed by atoms with Gasteiger partial charge in [-0.15, -0.1) is 0 Å². The molecule has 0 unspecified atom stereocenters. The summed E-state index contributed by atoms with van der Waals surface area (Å²) in [6.45, 7) is 14.7. The third kappa shape index (κ3) is 8.97. The Labute approximate surface area is 258 Å². The van der Waals surface area contributed by atoms with Crippen LogP contribution in [-0.4, -0.2) is 19.8 Å². The van der Waals surface area contributed by atoms with Gasteiger partial charge in [0.15, 0.2) is 0 Å². The topological polar surface area (TPSA) is 36.9 Å². The van der Waals surface area contributed by atoms with Gasteiger partial charge in [-0.2, -0.15) is 0 Å². The Bertz CT molecular complexity index is 1210. The molecule has 0 bridgehead atoms. The maximum atomic E-state index is 6.85. The zero-order valence-corrected chi connectivity index (χ0v) is 27.6. The number of hydrogen-bond acceptors (Lipinski definition) is 4. The van der Waals surface area contributed by atoms with Gasteiger partial charge in [0.2, 0.25) is 0 Å². The molecule has 0 fully saturated rings. The predicted octanol–water partition coefficient (Wildman–Crippen LogP) is 9.00. The molecule has 0 atom stereocenters. The van der Waals surface area contributed by atoms with Gasteiger partial charge in [-0.1, -0.05) is 0 Å². The van der Waals surface area contributed by atoms with Gasteiger partial charge in [0.05, 0.1) is 0 Å². The molecule has 4 rings (SSSR count). The van der Waals surface area contributed by atoms with E-state index in [1.165, 1.54) is 16.7 Å². The molecule has 0 aliphatic heterocycles. The van der Waals surface area contributed by atoms with Crippen LogP contribution in [0.1, 0.15) is 63.8 Å². The van der Waals surface area contributed by atoms with E-state index in [-0.39, 0.29) is 16.2 Å². The molecule has 0 spiro atoms. The Morgan fingerprint density at radius 3 is 1.00 bits per heavy atom. The van der Waals surface area contributed by atoms with Crippen molar-refractivity contribution in [2.45, 2.75) is 64.4 Å². The second-order valence-corrected chi connectivity index (χ2v) is 16.3. The van der Waals surface area contributed by atoms with Crippen molar-refractivity contribution in [3.8, 4) is 0 Å². The molecule has 222 valence electrons. The number of benzene rings is 4. The van der Waals surface area contributed by atoms with E-state index >= 15 is 0 Å². The van der Waals surface area contributed by atoms with E-state index in [2.05, 4.69) is 126 Å². The number of rotatable bonds is 15. The number of hydrogen-bond donors (Lipinski definition) is 0. The Morgan fingerprint density at radius 1 is 0.405 bits per heavy atom. The molecular weight excluding hydrogens is 556 g/mol. The van der Waals surface area contributed by atoms with Gasteiger partial charge in [0.25, 0.3) is 0 Å². The molecule has 0 radical (unpaired) electrons. The Kier molecular flexibility index (Phi) is 11.0. The van der Waals surface area contributed by atoms with Crippen LogP contribution in [0.25, 0.3) is 0 Å². The van der Waals surface area contributed by atoms with E-state index in [1.54, 1.807) is 0 Å². The predicted molar refractivity (Wildman–Crippen MR) is 167 cm³/mol. The summed E-state index contributed by atoms with van der Waals surface area (Å²) >= 11 is -4.40. The molecular formula is C37H46O4Ti. The summed E-state index contributed by atoms with van der Waals surface area (Å²) in [7, 11) is 0. The summed E-state index contributed by atoms with van der Waals surface area (Å²) in [6.07, 6.45) is 0. The van der Waals surface area contributed by atoms with Gasteiger partial charge < -0.3 is 0 Å². The fourth-order valence-corrected chi connectivity index (χ4v) is 8.56. The maximum absolute atomic E-state index is 6.85. The van der Waals surface area contributed by atoms with Crippen LogP contribution in [0.4, 0.5) is 0 Å². The Balaban J connectivity index is 1.66. The molecule has 5 heteroatoms. The fourth-order valence-electron chi connectivity index (χ4n) is 4.72. The van der Waals surface area contributed by atoms with Gasteiger partial charge >= 0.3 is 259 Å². The van der Waals surface area contributed by atoms with Crippen molar-refractivity contribution in [3.63, 3.8) is 0 Å². The summed E-state index contributed by atoms with van der Waals surface area (Å²) in [5.41, 5.74) is 3.81. The first-order chi connectivity index (χ1) is 20.0. The molecule has 0 aliphatic rings. The Hall–Kier alpha value is -2.57. The minimum absolute atomic E-state index is 0.273. The molecule has 4 nitrogen and oxygen atoms in total. The molecule has 0 amide bonds. The summed E-state index contributed by atoms with van der Waals surface area (Å²) in [5.74, 6) is 0. The van der Waals surface area contributed by atoms with Gasteiger partial charge in [-0.3, -0.25) is 0 Å². The van der Waals surface area contributed by atoms with Crippen LogP contribution >= 0.6 is 0 Å². The van der Waals surface area contributed by atoms with E-state index < -0.39 is 18.1 Å². The summed E-state index contributed by atoms with van der Waals surface area (Å²) in [6, 6.07) is 41.5. The normalized spacial score (nSPS) is 12.8. The zero-order valence-electron chi connectivity index (χ0n) is 26.0. The molecule has 0 N–H and O–H groups in total. The van der Waals surface area contributed by atoms with Gasteiger partial charge in [-0.25, -0.2) is 0 Å². The third-order valence-electron chi connectivity index (χ3n) is 7.75. The van der Waals surface area contributed by atoms with Crippen molar-refractivity contribution >= 4 is 0 Å². The molecule has 4 aromatic rings. The monoisotopic (exact) mass is 602 g/mol. The van der Waals surface area contributed by atoms with Gasteiger partial charge in [-0.05, 0) is 0 Å². The van der Waals surface area contributed by atoms with E-state index in [0.29, 0.717) is 26.4 Å². The van der Waals surface area contributed by atoms with Gasteiger partial charge in [0, 0.05) is 0 Å². The van der Waals surface area contributed by atoms with Crippen LogP contribution in [0.2, 0.25) is 0 Å². The average Bonchev–Trinajstić information content (AvgIpc) is 3.02. The summed E-state index contributed by atoms with van der Waals surface area (Å²) in [4.78, 5) is 0. The molecule has 0 heterocycles. The molecule has 0 aliphatic carbocycles. The molecule has 0 aromatic heterocycles. The summed E-state index contributed by atoms with van der Waals surface area (Å²) < 4.78 is 27.3. The Morgan fingerprint density at radius 2 is 0.690 bits per heavy atom. The van der Waals surface area contributed by atoms with Gasteiger partial charge in [0.1, 0.15) is 0 Å². The second kappa shape index (κ2) is 14.3. The quantitative estimate of drug-likeness (QED) is 0.127. The van der Waals surface area contributed by atoms with Crippen molar-refractivity contribution in [3.05, 3.63) is 144 Å². The molecule has 42 heavy (non-hydrogen) atoms. The van der Waals surface area contributed by atoms with Crippen LogP contribution in [0.3, 0.4) is 0 Å². The van der Waals surface area contributed by atoms with Crippen molar-refractivity contribution in [2.75, 3.05) is 19.8 Å². The first-order valence-electron chi connectivity index (χ1n) is 14.8. The van der Waals surface area contributed by atoms with Crippen molar-refractivity contribution in [1.29, 1.82) is 0 Å². The SMILES string of the molecule is CC(C)(C[O][Ti]([O]Cc1ccccc1)([O]CC(C)(C)c1ccccc1)[O]CC(C)(C)c1ccccc1)c1ccccc1. The summed E-state index contributed by atoms with van der Waals surface area (Å²) in [5, 5.41) is 0. The van der Waals surface area contributed by atoms with E-state index in [0.717, 1.165) is 5.56 Å². The van der Waals surface area contributed by atoms with Crippen LogP contribution in [-0.2, 0) is 54.3 Å². The van der Waals surface area contributed by atoms with Crippen LogP contribution in [0.15, 0.2) is 121 Å². The fraction of sp³-hybridized carbons (Fsp3) is 0.351. The van der Waals surface area contributed by atoms with Crippen molar-refractivity contribution in [1.82, 2.24) is 0 Å². The third-order valence-corrected chi connectivity index (χ3v) is 10.9. The second-order valence-electron chi connectivity index (χ2n) is 12.9. The van der Waals surface area contributed by atoms with Crippen molar-refractivity contribution in [2.24, 2.45) is 0 Å².